The third-order valence-electron chi connectivity index (χ3n) is 3.49. The summed E-state index contributed by atoms with van der Waals surface area (Å²) < 4.78 is 13.6. The Bertz CT molecular complexity index is 436. The highest BCUT2D eigenvalue weighted by Gasteiger charge is 2.25. The van der Waals surface area contributed by atoms with Gasteiger partial charge in [0.2, 0.25) is 5.91 Å². The second-order valence-corrected chi connectivity index (χ2v) is 5.02. The molecule has 0 saturated carbocycles. The van der Waals surface area contributed by atoms with Crippen molar-refractivity contribution < 1.29 is 9.18 Å². The van der Waals surface area contributed by atoms with Gasteiger partial charge in [0.25, 0.3) is 0 Å². The quantitative estimate of drug-likeness (QED) is 0.890. The maximum absolute atomic E-state index is 13.6. The van der Waals surface area contributed by atoms with E-state index in [1.54, 1.807) is 23.1 Å². The number of halogens is 1. The van der Waals surface area contributed by atoms with Gasteiger partial charge in [-0.25, -0.2) is 4.39 Å². The third-order valence-corrected chi connectivity index (χ3v) is 3.49. The molecule has 1 aromatic carbocycles. The lowest BCUT2D eigenvalue weighted by Gasteiger charge is -2.19. The molecule has 1 amide bonds. The van der Waals surface area contributed by atoms with E-state index in [0.29, 0.717) is 18.5 Å². The second-order valence-electron chi connectivity index (χ2n) is 5.02. The lowest BCUT2D eigenvalue weighted by molar-refractivity contribution is -0.130. The summed E-state index contributed by atoms with van der Waals surface area (Å²) in [7, 11) is 0. The molecule has 1 saturated heterocycles. The minimum absolute atomic E-state index is 0.0682. The van der Waals surface area contributed by atoms with Crippen LogP contribution < -0.4 is 5.73 Å². The standard InChI is InChI=1S/C14H19FN2O/c1-10(12-4-2-3-5-13(12)15)8-14(18)17-7-6-11(16)9-17/h2-5,10-11H,6-9,16H2,1H3/t10?,11-/m1/s1. The molecule has 1 aliphatic heterocycles. The molecule has 2 N–H and O–H groups in total. The van der Waals surface area contributed by atoms with Crippen molar-refractivity contribution in [3.05, 3.63) is 35.6 Å². The Hall–Kier alpha value is -1.42. The highest BCUT2D eigenvalue weighted by atomic mass is 19.1. The summed E-state index contributed by atoms with van der Waals surface area (Å²) in [5.74, 6) is -0.273. The van der Waals surface area contributed by atoms with Gasteiger partial charge in [0.05, 0.1) is 0 Å². The Morgan fingerprint density at radius 3 is 2.89 bits per heavy atom. The average Bonchev–Trinajstić information content (AvgIpc) is 2.76. The van der Waals surface area contributed by atoms with Crippen LogP contribution in [0, 0.1) is 5.82 Å². The number of carbonyl (C=O) groups excluding carboxylic acids is 1. The fourth-order valence-electron chi connectivity index (χ4n) is 2.39. The van der Waals surface area contributed by atoms with E-state index in [9.17, 15) is 9.18 Å². The molecule has 1 fully saturated rings. The van der Waals surface area contributed by atoms with E-state index in [1.165, 1.54) is 6.07 Å². The van der Waals surface area contributed by atoms with E-state index in [2.05, 4.69) is 0 Å². The molecule has 4 heteroatoms. The van der Waals surface area contributed by atoms with Crippen molar-refractivity contribution in [1.82, 2.24) is 4.90 Å². The molecular formula is C14H19FN2O. The molecule has 98 valence electrons. The van der Waals surface area contributed by atoms with Crippen molar-refractivity contribution >= 4 is 5.91 Å². The van der Waals surface area contributed by atoms with Gasteiger partial charge < -0.3 is 10.6 Å². The van der Waals surface area contributed by atoms with E-state index in [4.69, 9.17) is 5.73 Å². The van der Waals surface area contributed by atoms with Crippen molar-refractivity contribution in [2.24, 2.45) is 5.73 Å². The minimum atomic E-state index is -0.240. The van der Waals surface area contributed by atoms with Gasteiger partial charge in [-0.2, -0.15) is 0 Å². The first-order chi connectivity index (χ1) is 8.58. The largest absolute Gasteiger partial charge is 0.341 e. The molecule has 2 rings (SSSR count). The molecule has 1 aromatic rings. The predicted octanol–water partition coefficient (Wildman–Crippen LogP) is 1.88. The van der Waals surface area contributed by atoms with Crippen LogP contribution in [0.25, 0.3) is 0 Å². The first-order valence-corrected chi connectivity index (χ1v) is 6.35. The maximum atomic E-state index is 13.6. The molecule has 0 radical (unpaired) electrons. The van der Waals surface area contributed by atoms with Gasteiger partial charge in [-0.05, 0) is 24.0 Å². The summed E-state index contributed by atoms with van der Waals surface area (Å²) >= 11 is 0. The lowest BCUT2D eigenvalue weighted by Crippen LogP contribution is -2.32. The van der Waals surface area contributed by atoms with Crippen molar-refractivity contribution in [2.45, 2.75) is 31.7 Å². The van der Waals surface area contributed by atoms with Gasteiger partial charge in [-0.1, -0.05) is 25.1 Å². The Morgan fingerprint density at radius 1 is 1.56 bits per heavy atom. The van der Waals surface area contributed by atoms with Gasteiger partial charge in [0.15, 0.2) is 0 Å². The molecule has 0 aliphatic carbocycles. The summed E-state index contributed by atoms with van der Waals surface area (Å²) in [5, 5.41) is 0. The van der Waals surface area contributed by atoms with Gasteiger partial charge in [-0.15, -0.1) is 0 Å². The molecule has 1 aliphatic rings. The molecule has 0 spiro atoms. The fraction of sp³-hybridized carbons (Fsp3) is 0.500. The van der Waals surface area contributed by atoms with Gasteiger partial charge >= 0.3 is 0 Å². The Balaban J connectivity index is 1.97. The number of hydrogen-bond donors (Lipinski definition) is 1. The van der Waals surface area contributed by atoms with Gasteiger partial charge in [-0.3, -0.25) is 4.79 Å². The number of hydrogen-bond acceptors (Lipinski definition) is 2. The summed E-state index contributed by atoms with van der Waals surface area (Å²) in [6.07, 6.45) is 1.20. The van der Waals surface area contributed by atoms with E-state index in [-0.39, 0.29) is 23.7 Å². The molecule has 2 atom stereocenters. The van der Waals surface area contributed by atoms with E-state index in [0.717, 1.165) is 13.0 Å². The smallest absolute Gasteiger partial charge is 0.223 e. The highest BCUT2D eigenvalue weighted by molar-refractivity contribution is 5.77. The number of benzene rings is 1. The fourth-order valence-corrected chi connectivity index (χ4v) is 2.39. The number of rotatable bonds is 3. The zero-order valence-electron chi connectivity index (χ0n) is 10.6. The van der Waals surface area contributed by atoms with Crippen LogP contribution in [0.2, 0.25) is 0 Å². The van der Waals surface area contributed by atoms with Crippen LogP contribution in [0.5, 0.6) is 0 Å². The van der Waals surface area contributed by atoms with Gasteiger partial charge in [0, 0.05) is 25.6 Å². The average molecular weight is 250 g/mol. The third kappa shape index (κ3) is 2.88. The molecule has 18 heavy (non-hydrogen) atoms. The van der Waals surface area contributed by atoms with Crippen LogP contribution >= 0.6 is 0 Å². The van der Waals surface area contributed by atoms with E-state index >= 15 is 0 Å². The van der Waals surface area contributed by atoms with Crippen molar-refractivity contribution in [2.75, 3.05) is 13.1 Å². The first-order valence-electron chi connectivity index (χ1n) is 6.35. The summed E-state index contributed by atoms with van der Waals surface area (Å²) in [6, 6.07) is 6.72. The van der Waals surface area contributed by atoms with Gasteiger partial charge in [0.1, 0.15) is 5.82 Å². The number of nitrogens with two attached hydrogens (primary N) is 1. The molecule has 0 aromatic heterocycles. The molecule has 0 bridgehead atoms. The zero-order chi connectivity index (χ0) is 13.1. The van der Waals surface area contributed by atoms with E-state index in [1.807, 2.05) is 6.92 Å². The maximum Gasteiger partial charge on any atom is 0.223 e. The summed E-state index contributed by atoms with van der Waals surface area (Å²) in [6.45, 7) is 3.24. The highest BCUT2D eigenvalue weighted by Crippen LogP contribution is 2.23. The molecule has 1 unspecified atom stereocenters. The SMILES string of the molecule is CC(CC(=O)N1CC[C@@H](N)C1)c1ccccc1F. The molecule has 3 nitrogen and oxygen atoms in total. The van der Waals surface area contributed by atoms with Crippen LogP contribution in [0.4, 0.5) is 4.39 Å². The predicted molar refractivity (Wildman–Crippen MR) is 68.6 cm³/mol. The Morgan fingerprint density at radius 2 is 2.28 bits per heavy atom. The van der Waals surface area contributed by atoms with Crippen LogP contribution in [-0.4, -0.2) is 29.9 Å². The van der Waals surface area contributed by atoms with Crippen molar-refractivity contribution in [1.29, 1.82) is 0 Å². The minimum Gasteiger partial charge on any atom is -0.341 e. The van der Waals surface area contributed by atoms with Crippen LogP contribution in [-0.2, 0) is 4.79 Å². The van der Waals surface area contributed by atoms with Crippen molar-refractivity contribution in [3.8, 4) is 0 Å². The Kier molecular flexibility index (Phi) is 3.97. The number of amides is 1. The Labute approximate surface area is 107 Å². The second kappa shape index (κ2) is 5.48. The van der Waals surface area contributed by atoms with E-state index < -0.39 is 0 Å². The summed E-state index contributed by atoms with van der Waals surface area (Å²) in [4.78, 5) is 13.8. The zero-order valence-corrected chi connectivity index (χ0v) is 10.6. The number of carbonyl (C=O) groups is 1. The van der Waals surface area contributed by atoms with Crippen LogP contribution in [0.3, 0.4) is 0 Å². The number of likely N-dealkylation sites (tertiary alicyclic amines) is 1. The summed E-state index contributed by atoms with van der Waals surface area (Å²) in [5.41, 5.74) is 6.38. The number of nitrogens with zero attached hydrogens (tertiary/aromatic N) is 1. The first kappa shape index (κ1) is 13.0. The van der Waals surface area contributed by atoms with Crippen LogP contribution in [0.15, 0.2) is 24.3 Å². The normalized spacial score (nSPS) is 21.1. The monoisotopic (exact) mass is 250 g/mol. The van der Waals surface area contributed by atoms with Crippen molar-refractivity contribution in [3.63, 3.8) is 0 Å². The lowest BCUT2D eigenvalue weighted by atomic mass is 9.97. The van der Waals surface area contributed by atoms with Crippen LogP contribution in [0.1, 0.15) is 31.2 Å². The topological polar surface area (TPSA) is 46.3 Å². The molecule has 1 heterocycles. The molecular weight excluding hydrogens is 231 g/mol.